The van der Waals surface area contributed by atoms with Gasteiger partial charge in [0.2, 0.25) is 0 Å². The van der Waals surface area contributed by atoms with Crippen molar-refractivity contribution in [2.24, 2.45) is 0 Å². The molecule has 2 aromatic rings. The Kier molecular flexibility index (Phi) is 5.77. The number of piperidine rings is 1. The molecule has 0 saturated carbocycles. The summed E-state index contributed by atoms with van der Waals surface area (Å²) in [6.07, 6.45) is 4.16. The number of nitriles is 1. The topological polar surface area (TPSA) is 57.3 Å². The minimum absolute atomic E-state index is 0.0425. The molecule has 2 aliphatic heterocycles. The van der Waals surface area contributed by atoms with Crippen molar-refractivity contribution in [1.29, 1.82) is 5.26 Å². The molecule has 0 unspecified atom stereocenters. The van der Waals surface area contributed by atoms with Crippen LogP contribution in [0.2, 0.25) is 0 Å². The van der Waals surface area contributed by atoms with Gasteiger partial charge in [-0.2, -0.15) is 10.4 Å². The van der Waals surface area contributed by atoms with E-state index in [9.17, 15) is 5.26 Å². The van der Waals surface area contributed by atoms with Crippen molar-refractivity contribution in [3.63, 3.8) is 0 Å². The molecule has 4 rings (SSSR count). The van der Waals surface area contributed by atoms with Gasteiger partial charge in [-0.25, -0.2) is 0 Å². The molecule has 6 nitrogen and oxygen atoms in total. The molecule has 2 saturated heterocycles. The van der Waals surface area contributed by atoms with Crippen LogP contribution in [0.4, 0.5) is 0 Å². The summed E-state index contributed by atoms with van der Waals surface area (Å²) in [7, 11) is 0. The van der Waals surface area contributed by atoms with Crippen molar-refractivity contribution in [3.8, 4) is 6.07 Å². The number of morpholine rings is 1. The fraction of sp³-hybridized carbons (Fsp3) is 0.545. The molecule has 2 fully saturated rings. The van der Waals surface area contributed by atoms with E-state index in [2.05, 4.69) is 46.2 Å². The number of benzene rings is 1. The molecule has 0 bridgehead atoms. The Morgan fingerprint density at radius 3 is 2.68 bits per heavy atom. The first-order valence-corrected chi connectivity index (χ1v) is 10.3. The monoisotopic (exact) mass is 379 g/mol. The molecule has 3 heterocycles. The van der Waals surface area contributed by atoms with Gasteiger partial charge in [0.25, 0.3) is 0 Å². The number of aryl methyl sites for hydroxylation is 1. The molecule has 0 radical (unpaired) electrons. The van der Waals surface area contributed by atoms with Crippen LogP contribution in [-0.2, 0) is 24.4 Å². The lowest BCUT2D eigenvalue weighted by Gasteiger charge is -2.47. The van der Waals surface area contributed by atoms with Crippen molar-refractivity contribution >= 4 is 0 Å². The van der Waals surface area contributed by atoms with E-state index in [4.69, 9.17) is 4.74 Å². The molecule has 0 atom stereocenters. The summed E-state index contributed by atoms with van der Waals surface area (Å²) >= 11 is 0. The van der Waals surface area contributed by atoms with Crippen LogP contribution in [0, 0.1) is 11.3 Å². The van der Waals surface area contributed by atoms with E-state index >= 15 is 0 Å². The first-order chi connectivity index (χ1) is 13.7. The Balaban J connectivity index is 1.33. The van der Waals surface area contributed by atoms with E-state index in [-0.39, 0.29) is 5.60 Å². The van der Waals surface area contributed by atoms with Gasteiger partial charge in [0.05, 0.1) is 29.5 Å². The lowest BCUT2D eigenvalue weighted by atomic mass is 9.89. The number of rotatable bonds is 5. The molecule has 28 heavy (non-hydrogen) atoms. The predicted octanol–water partition coefficient (Wildman–Crippen LogP) is 2.64. The van der Waals surface area contributed by atoms with Gasteiger partial charge in [0, 0.05) is 52.0 Å². The smallest absolute Gasteiger partial charge is 0.0995 e. The minimum atomic E-state index is -0.0425. The normalized spacial score (nSPS) is 20.3. The zero-order valence-corrected chi connectivity index (χ0v) is 16.7. The molecule has 148 valence electrons. The quantitative estimate of drug-likeness (QED) is 0.799. The largest absolute Gasteiger partial charge is 0.372 e. The fourth-order valence-corrected chi connectivity index (χ4v) is 4.38. The maximum Gasteiger partial charge on any atom is 0.0995 e. The number of hydrogen-bond acceptors (Lipinski definition) is 5. The van der Waals surface area contributed by atoms with E-state index < -0.39 is 0 Å². The van der Waals surface area contributed by atoms with E-state index in [1.54, 1.807) is 0 Å². The lowest BCUT2D eigenvalue weighted by Crippen LogP contribution is -2.56. The van der Waals surface area contributed by atoms with Crippen LogP contribution in [0.1, 0.15) is 36.6 Å². The van der Waals surface area contributed by atoms with Crippen molar-refractivity contribution in [2.75, 3.05) is 32.8 Å². The standard InChI is InChI=1S/C22H29N5O/c1-2-27-10-7-21(24-27)17-25-11-8-22(9-12-25)18-26(13-14-28-22)16-20-6-4-3-5-19(20)15-23/h3-7,10H,2,8-9,11-14,16-18H2,1H3. The average molecular weight is 380 g/mol. The molecule has 0 amide bonds. The van der Waals surface area contributed by atoms with Gasteiger partial charge in [-0.05, 0) is 37.5 Å². The molecule has 0 N–H and O–H groups in total. The second-order valence-electron chi connectivity index (χ2n) is 7.95. The highest BCUT2D eigenvalue weighted by Gasteiger charge is 2.39. The summed E-state index contributed by atoms with van der Waals surface area (Å²) < 4.78 is 8.29. The highest BCUT2D eigenvalue weighted by atomic mass is 16.5. The van der Waals surface area contributed by atoms with Crippen LogP contribution in [0.25, 0.3) is 0 Å². The Morgan fingerprint density at radius 2 is 1.93 bits per heavy atom. The van der Waals surface area contributed by atoms with Gasteiger partial charge in [-0.1, -0.05) is 18.2 Å². The van der Waals surface area contributed by atoms with Crippen LogP contribution in [0.15, 0.2) is 36.5 Å². The molecule has 1 aromatic heterocycles. The van der Waals surface area contributed by atoms with Crippen LogP contribution < -0.4 is 0 Å². The van der Waals surface area contributed by atoms with E-state index in [0.29, 0.717) is 0 Å². The summed E-state index contributed by atoms with van der Waals surface area (Å²) in [5, 5.41) is 14.0. The third kappa shape index (κ3) is 4.27. The molecular weight excluding hydrogens is 350 g/mol. The van der Waals surface area contributed by atoms with Crippen LogP contribution in [0.5, 0.6) is 0 Å². The Morgan fingerprint density at radius 1 is 1.11 bits per heavy atom. The summed E-state index contributed by atoms with van der Waals surface area (Å²) in [6.45, 7) is 9.52. The number of aromatic nitrogens is 2. The molecule has 1 aromatic carbocycles. The second-order valence-corrected chi connectivity index (χ2v) is 7.95. The summed E-state index contributed by atoms with van der Waals surface area (Å²) in [5.41, 5.74) is 3.01. The number of hydrogen-bond donors (Lipinski definition) is 0. The SMILES string of the molecule is CCn1ccc(CN2CCC3(CC2)CN(Cc2ccccc2C#N)CCO3)n1. The molecule has 2 aliphatic rings. The van der Waals surface area contributed by atoms with E-state index in [1.165, 1.54) is 0 Å². The number of likely N-dealkylation sites (tertiary alicyclic amines) is 1. The zero-order chi connectivity index (χ0) is 19.4. The zero-order valence-electron chi connectivity index (χ0n) is 16.7. The van der Waals surface area contributed by atoms with Crippen molar-refractivity contribution < 1.29 is 4.74 Å². The third-order valence-corrected chi connectivity index (χ3v) is 6.03. The van der Waals surface area contributed by atoms with Crippen molar-refractivity contribution in [1.82, 2.24) is 19.6 Å². The molecule has 6 heteroatoms. The minimum Gasteiger partial charge on any atom is -0.372 e. The molecular formula is C22H29N5O. The summed E-state index contributed by atoms with van der Waals surface area (Å²) in [6, 6.07) is 12.4. The Labute approximate surface area is 167 Å². The maximum atomic E-state index is 9.35. The maximum absolute atomic E-state index is 9.35. The van der Waals surface area contributed by atoms with Crippen molar-refractivity contribution in [3.05, 3.63) is 53.3 Å². The summed E-state index contributed by atoms with van der Waals surface area (Å²) in [4.78, 5) is 4.94. The van der Waals surface area contributed by atoms with E-state index in [0.717, 1.165) is 82.1 Å². The number of ether oxygens (including phenoxy) is 1. The highest BCUT2D eigenvalue weighted by molar-refractivity contribution is 5.37. The Hall–Kier alpha value is -2.20. The molecule has 0 aliphatic carbocycles. The van der Waals surface area contributed by atoms with Gasteiger partial charge in [-0.3, -0.25) is 14.5 Å². The van der Waals surface area contributed by atoms with Gasteiger partial charge in [0.15, 0.2) is 0 Å². The number of nitrogens with zero attached hydrogens (tertiary/aromatic N) is 5. The fourth-order valence-electron chi connectivity index (χ4n) is 4.38. The third-order valence-electron chi connectivity index (χ3n) is 6.03. The van der Waals surface area contributed by atoms with Crippen molar-refractivity contribution in [2.45, 2.75) is 45.0 Å². The van der Waals surface area contributed by atoms with Gasteiger partial charge in [-0.15, -0.1) is 0 Å². The molecule has 1 spiro atoms. The summed E-state index contributed by atoms with van der Waals surface area (Å²) in [5.74, 6) is 0. The Bertz CT molecular complexity index is 831. The van der Waals surface area contributed by atoms with E-state index in [1.807, 2.05) is 22.9 Å². The van der Waals surface area contributed by atoms with Gasteiger partial charge < -0.3 is 4.74 Å². The van der Waals surface area contributed by atoms with Crippen LogP contribution in [0.3, 0.4) is 0 Å². The highest BCUT2D eigenvalue weighted by Crippen LogP contribution is 2.31. The van der Waals surface area contributed by atoms with Gasteiger partial charge in [0.1, 0.15) is 0 Å². The van der Waals surface area contributed by atoms with Crippen LogP contribution >= 0.6 is 0 Å². The van der Waals surface area contributed by atoms with Gasteiger partial charge >= 0.3 is 0 Å². The first-order valence-electron chi connectivity index (χ1n) is 10.3. The second kappa shape index (κ2) is 8.44. The predicted molar refractivity (Wildman–Crippen MR) is 108 cm³/mol. The van der Waals surface area contributed by atoms with Crippen LogP contribution in [-0.4, -0.2) is 58.0 Å². The average Bonchev–Trinajstić information content (AvgIpc) is 3.18. The first kappa shape index (κ1) is 19.1. The lowest BCUT2D eigenvalue weighted by molar-refractivity contribution is -0.138.